The van der Waals surface area contributed by atoms with Gasteiger partial charge in [0.1, 0.15) is 5.75 Å². The van der Waals surface area contributed by atoms with E-state index < -0.39 is 0 Å². The number of rotatable bonds is 6. The molecule has 0 spiro atoms. The van der Waals surface area contributed by atoms with Crippen molar-refractivity contribution in [1.29, 1.82) is 0 Å². The van der Waals surface area contributed by atoms with Gasteiger partial charge in [-0.25, -0.2) is 0 Å². The van der Waals surface area contributed by atoms with Gasteiger partial charge < -0.3 is 15.0 Å². The molecule has 0 aliphatic heterocycles. The van der Waals surface area contributed by atoms with Crippen LogP contribution in [0.25, 0.3) is 0 Å². The first-order valence-corrected chi connectivity index (χ1v) is 8.82. The van der Waals surface area contributed by atoms with E-state index in [-0.39, 0.29) is 17.9 Å². The number of hydrogen-bond donors (Lipinski definition) is 1. The van der Waals surface area contributed by atoms with Crippen molar-refractivity contribution in [3.05, 3.63) is 24.3 Å². The predicted molar refractivity (Wildman–Crippen MR) is 95.3 cm³/mol. The van der Waals surface area contributed by atoms with Gasteiger partial charge in [0, 0.05) is 25.9 Å². The Morgan fingerprint density at radius 1 is 1.17 bits per heavy atom. The van der Waals surface area contributed by atoms with E-state index in [0.717, 1.165) is 12.8 Å². The zero-order valence-corrected chi connectivity index (χ0v) is 14.7. The Balaban J connectivity index is 1.93. The number of nitrogens with zero attached hydrogens (tertiary/aromatic N) is 1. The lowest BCUT2D eigenvalue weighted by Gasteiger charge is -2.23. The largest absolute Gasteiger partial charge is 0.495 e. The minimum Gasteiger partial charge on any atom is -0.495 e. The summed E-state index contributed by atoms with van der Waals surface area (Å²) < 4.78 is 5.32. The van der Waals surface area contributed by atoms with Crippen molar-refractivity contribution < 1.29 is 14.3 Å². The van der Waals surface area contributed by atoms with Crippen LogP contribution in [0.15, 0.2) is 24.3 Å². The van der Waals surface area contributed by atoms with Crippen molar-refractivity contribution in [2.45, 2.75) is 57.9 Å². The Bertz CT molecular complexity index is 551. The SMILES string of the molecule is COc1ccccc1N(CCC(=O)NC1CCCCCC1)C(C)=O. The van der Waals surface area contributed by atoms with Gasteiger partial charge in [0.15, 0.2) is 0 Å². The van der Waals surface area contributed by atoms with E-state index in [9.17, 15) is 9.59 Å². The van der Waals surface area contributed by atoms with Gasteiger partial charge in [0.2, 0.25) is 11.8 Å². The van der Waals surface area contributed by atoms with Crippen LogP contribution in [0.2, 0.25) is 0 Å². The molecule has 1 aromatic rings. The summed E-state index contributed by atoms with van der Waals surface area (Å²) >= 11 is 0. The summed E-state index contributed by atoms with van der Waals surface area (Å²) in [5, 5.41) is 3.13. The monoisotopic (exact) mass is 332 g/mol. The van der Waals surface area contributed by atoms with Crippen LogP contribution in [0.5, 0.6) is 5.75 Å². The summed E-state index contributed by atoms with van der Waals surface area (Å²) in [6.07, 6.45) is 7.32. The lowest BCUT2D eigenvalue weighted by Crippen LogP contribution is -2.38. The Hall–Kier alpha value is -2.04. The topological polar surface area (TPSA) is 58.6 Å². The predicted octanol–water partition coefficient (Wildman–Crippen LogP) is 3.28. The van der Waals surface area contributed by atoms with Gasteiger partial charge in [-0.2, -0.15) is 0 Å². The molecular formula is C19H28N2O3. The van der Waals surface area contributed by atoms with Crippen molar-refractivity contribution in [3.63, 3.8) is 0 Å². The van der Waals surface area contributed by atoms with Gasteiger partial charge in [0.25, 0.3) is 0 Å². The van der Waals surface area contributed by atoms with E-state index in [2.05, 4.69) is 5.32 Å². The molecule has 0 heterocycles. The molecule has 0 unspecified atom stereocenters. The van der Waals surface area contributed by atoms with Crippen LogP contribution in [0.3, 0.4) is 0 Å². The number of methoxy groups -OCH3 is 1. The molecule has 0 atom stereocenters. The van der Waals surface area contributed by atoms with Crippen LogP contribution >= 0.6 is 0 Å². The van der Waals surface area contributed by atoms with E-state index in [1.165, 1.54) is 32.6 Å². The van der Waals surface area contributed by atoms with Crippen molar-refractivity contribution in [1.82, 2.24) is 5.32 Å². The van der Waals surface area contributed by atoms with Crippen LogP contribution in [0, 0.1) is 0 Å². The summed E-state index contributed by atoms with van der Waals surface area (Å²) in [6, 6.07) is 7.66. The molecule has 132 valence electrons. The van der Waals surface area contributed by atoms with E-state index in [4.69, 9.17) is 4.74 Å². The third-order valence-corrected chi connectivity index (χ3v) is 4.54. The van der Waals surface area contributed by atoms with Gasteiger partial charge in [0.05, 0.1) is 12.8 Å². The van der Waals surface area contributed by atoms with E-state index in [1.54, 1.807) is 12.0 Å². The fraction of sp³-hybridized carbons (Fsp3) is 0.579. The molecule has 1 N–H and O–H groups in total. The molecule has 1 aliphatic rings. The van der Waals surface area contributed by atoms with E-state index >= 15 is 0 Å². The zero-order chi connectivity index (χ0) is 17.4. The molecule has 0 bridgehead atoms. The van der Waals surface area contributed by atoms with Crippen molar-refractivity contribution >= 4 is 17.5 Å². The first kappa shape index (κ1) is 18.3. The normalized spacial score (nSPS) is 15.4. The summed E-state index contributed by atoms with van der Waals surface area (Å²) in [7, 11) is 1.58. The molecule has 1 aliphatic carbocycles. The number of ether oxygens (including phenoxy) is 1. The van der Waals surface area contributed by atoms with Crippen molar-refractivity contribution in [2.75, 3.05) is 18.6 Å². The average Bonchev–Trinajstić information content (AvgIpc) is 2.83. The molecule has 1 aromatic carbocycles. The number of amides is 2. The van der Waals surface area contributed by atoms with Crippen LogP contribution in [0.4, 0.5) is 5.69 Å². The molecule has 5 nitrogen and oxygen atoms in total. The average molecular weight is 332 g/mol. The van der Waals surface area contributed by atoms with Crippen LogP contribution in [0.1, 0.15) is 51.9 Å². The lowest BCUT2D eigenvalue weighted by atomic mass is 10.1. The number of carbonyl (C=O) groups excluding carboxylic acids is 2. The second-order valence-electron chi connectivity index (χ2n) is 6.35. The highest BCUT2D eigenvalue weighted by Crippen LogP contribution is 2.27. The second kappa shape index (κ2) is 9.30. The molecule has 1 fully saturated rings. The molecule has 24 heavy (non-hydrogen) atoms. The minimum absolute atomic E-state index is 0.0167. The maximum Gasteiger partial charge on any atom is 0.223 e. The highest BCUT2D eigenvalue weighted by molar-refractivity contribution is 5.93. The lowest BCUT2D eigenvalue weighted by molar-refractivity contribution is -0.121. The van der Waals surface area contributed by atoms with Crippen LogP contribution in [-0.2, 0) is 9.59 Å². The number of anilines is 1. The number of benzene rings is 1. The molecule has 0 radical (unpaired) electrons. The Labute approximate surface area is 144 Å². The van der Waals surface area contributed by atoms with Crippen LogP contribution in [-0.4, -0.2) is 31.5 Å². The fourth-order valence-corrected chi connectivity index (χ4v) is 3.24. The first-order chi connectivity index (χ1) is 11.6. The molecule has 5 heteroatoms. The van der Waals surface area contributed by atoms with Gasteiger partial charge >= 0.3 is 0 Å². The minimum atomic E-state index is -0.0956. The molecule has 2 amide bonds. The van der Waals surface area contributed by atoms with Crippen molar-refractivity contribution in [2.24, 2.45) is 0 Å². The number of carbonyl (C=O) groups is 2. The number of nitrogens with one attached hydrogen (secondary N) is 1. The summed E-state index contributed by atoms with van der Waals surface area (Å²) in [5.74, 6) is 0.557. The molecule has 0 aromatic heterocycles. The van der Waals surface area contributed by atoms with Gasteiger partial charge in [-0.05, 0) is 25.0 Å². The molecular weight excluding hydrogens is 304 g/mol. The maximum absolute atomic E-state index is 12.3. The van der Waals surface area contributed by atoms with Crippen molar-refractivity contribution in [3.8, 4) is 5.75 Å². The second-order valence-corrected chi connectivity index (χ2v) is 6.35. The third-order valence-electron chi connectivity index (χ3n) is 4.54. The summed E-state index contributed by atoms with van der Waals surface area (Å²) in [6.45, 7) is 1.86. The standard InChI is InChI=1S/C19H28N2O3/c1-15(22)21(17-11-7-8-12-18(17)24-2)14-13-19(23)20-16-9-5-3-4-6-10-16/h7-8,11-12,16H,3-6,9-10,13-14H2,1-2H3,(H,20,23). The molecule has 2 rings (SSSR count). The van der Waals surface area contributed by atoms with E-state index in [0.29, 0.717) is 24.4 Å². The van der Waals surface area contributed by atoms with Gasteiger partial charge in [-0.3, -0.25) is 9.59 Å². The smallest absolute Gasteiger partial charge is 0.223 e. The molecule has 0 saturated heterocycles. The Morgan fingerprint density at radius 2 is 1.83 bits per heavy atom. The Morgan fingerprint density at radius 3 is 2.46 bits per heavy atom. The number of hydrogen-bond acceptors (Lipinski definition) is 3. The first-order valence-electron chi connectivity index (χ1n) is 8.82. The summed E-state index contributed by atoms with van der Waals surface area (Å²) in [5.41, 5.74) is 0.703. The fourth-order valence-electron chi connectivity index (χ4n) is 3.24. The third kappa shape index (κ3) is 5.25. The highest BCUT2D eigenvalue weighted by atomic mass is 16.5. The summed E-state index contributed by atoms with van der Waals surface area (Å²) in [4.78, 5) is 25.9. The van der Waals surface area contributed by atoms with E-state index in [1.807, 2.05) is 24.3 Å². The van der Waals surface area contributed by atoms with Gasteiger partial charge in [-0.15, -0.1) is 0 Å². The molecule has 1 saturated carbocycles. The number of para-hydroxylation sites is 2. The van der Waals surface area contributed by atoms with Gasteiger partial charge in [-0.1, -0.05) is 37.8 Å². The Kier molecular flexibility index (Phi) is 7.09. The maximum atomic E-state index is 12.3. The highest BCUT2D eigenvalue weighted by Gasteiger charge is 2.19. The quantitative estimate of drug-likeness (QED) is 0.813. The zero-order valence-electron chi connectivity index (χ0n) is 14.7. The van der Waals surface area contributed by atoms with Crippen LogP contribution < -0.4 is 15.0 Å².